The van der Waals surface area contributed by atoms with Crippen molar-refractivity contribution < 1.29 is 9.05 Å². The number of hydrogen-bond acceptors (Lipinski definition) is 5. The highest BCUT2D eigenvalue weighted by Crippen LogP contribution is 2.44. The number of pyridine rings is 1. The Bertz CT molecular complexity index is 2330. The Morgan fingerprint density at radius 2 is 1.37 bits per heavy atom. The number of hydrogen-bond donors (Lipinski definition) is 0. The highest BCUT2D eigenvalue weighted by Gasteiger charge is 2.27. The van der Waals surface area contributed by atoms with Gasteiger partial charge in [0.25, 0.3) is 0 Å². The second-order valence-corrected chi connectivity index (χ2v) is 12.6. The van der Waals surface area contributed by atoms with E-state index < -0.39 is 6.98 Å². The molecule has 0 radical (unpaired) electrons. The molecule has 0 N–H and O–H groups in total. The van der Waals surface area contributed by atoms with E-state index >= 15 is 0 Å². The van der Waals surface area contributed by atoms with Crippen molar-refractivity contribution in [1.29, 1.82) is 0 Å². The number of hydroxylamine groups is 1. The van der Waals surface area contributed by atoms with Gasteiger partial charge < -0.3 is 4.90 Å². The summed E-state index contributed by atoms with van der Waals surface area (Å²) in [5.41, 5.74) is 7.95. The first kappa shape index (κ1) is 24.7. The molecule has 1 aliphatic rings. The van der Waals surface area contributed by atoms with Crippen molar-refractivity contribution in [3.63, 3.8) is 0 Å². The molecule has 0 bridgehead atoms. The number of nitrogens with zero attached hydrogens (tertiary/aromatic N) is 5. The van der Waals surface area contributed by atoms with Gasteiger partial charge in [-0.15, -0.1) is 4.94 Å². The van der Waals surface area contributed by atoms with Crippen LogP contribution in [0.2, 0.25) is 0 Å². The highest BCUT2D eigenvalue weighted by molar-refractivity contribution is 6.10. The van der Waals surface area contributed by atoms with E-state index in [9.17, 15) is 0 Å². The predicted octanol–water partition coefficient (Wildman–Crippen LogP) is 10.4. The SMILES string of the molecule is [2H]C([2H])([2H])N1ON(c2cccc(N(c3ccccc3)c3ccc4c5ccccc5n(-c5cc(C(C)(C)C)ccn5)c4c3)c2)c2ccccc21. The van der Waals surface area contributed by atoms with Crippen LogP contribution in [0.4, 0.5) is 34.1 Å². The van der Waals surface area contributed by atoms with E-state index in [1.165, 1.54) is 5.56 Å². The fraction of sp³-hybridized carbons (Fsp3) is 0.125. The lowest BCUT2D eigenvalue weighted by molar-refractivity contribution is 0.142. The maximum absolute atomic E-state index is 8.07. The van der Waals surface area contributed by atoms with Gasteiger partial charge in [0, 0.05) is 45.1 Å². The predicted molar refractivity (Wildman–Crippen MR) is 190 cm³/mol. The van der Waals surface area contributed by atoms with Crippen LogP contribution in [0, 0.1) is 0 Å². The molecule has 5 aromatic carbocycles. The molecule has 0 saturated heterocycles. The third-order valence-electron chi connectivity index (χ3n) is 8.58. The molecule has 7 aromatic rings. The Hall–Kier alpha value is -5.59. The van der Waals surface area contributed by atoms with E-state index in [1.54, 1.807) is 11.1 Å². The van der Waals surface area contributed by atoms with Gasteiger partial charge in [-0.05, 0) is 83.8 Å². The smallest absolute Gasteiger partial charge is 0.137 e. The minimum atomic E-state index is -2.48. The van der Waals surface area contributed by atoms with Gasteiger partial charge in [0.1, 0.15) is 5.82 Å². The number of benzene rings is 5. The van der Waals surface area contributed by atoms with Crippen molar-refractivity contribution in [3.05, 3.63) is 145 Å². The lowest BCUT2D eigenvalue weighted by Gasteiger charge is -2.27. The quantitative estimate of drug-likeness (QED) is 0.195. The summed E-state index contributed by atoms with van der Waals surface area (Å²) in [5, 5.41) is 4.85. The average molecular weight is 605 g/mol. The Balaban J connectivity index is 1.30. The molecular formula is C40H35N5O. The van der Waals surface area contributed by atoms with Crippen molar-refractivity contribution >= 4 is 55.9 Å². The lowest BCUT2D eigenvalue weighted by Crippen LogP contribution is -2.21. The van der Waals surface area contributed by atoms with Crippen LogP contribution in [-0.4, -0.2) is 16.5 Å². The third-order valence-corrected chi connectivity index (χ3v) is 8.58. The van der Waals surface area contributed by atoms with E-state index in [-0.39, 0.29) is 5.41 Å². The number of fused-ring (bicyclic) bond motifs is 4. The van der Waals surface area contributed by atoms with E-state index in [4.69, 9.17) is 14.0 Å². The molecule has 2 aromatic heterocycles. The van der Waals surface area contributed by atoms with Crippen LogP contribution in [0.5, 0.6) is 0 Å². The van der Waals surface area contributed by atoms with E-state index in [0.717, 1.165) is 49.7 Å². The Labute approximate surface area is 273 Å². The number of rotatable bonds is 5. The first-order valence-corrected chi connectivity index (χ1v) is 15.4. The van der Waals surface area contributed by atoms with Gasteiger partial charge >= 0.3 is 0 Å². The number of aromatic nitrogens is 2. The molecule has 226 valence electrons. The summed E-state index contributed by atoms with van der Waals surface area (Å²) in [6.45, 7) is 4.17. The Kier molecular flexibility index (Phi) is 5.79. The van der Waals surface area contributed by atoms with Crippen molar-refractivity contribution in [2.45, 2.75) is 26.2 Å². The maximum atomic E-state index is 8.07. The number of anilines is 6. The molecule has 46 heavy (non-hydrogen) atoms. The van der Waals surface area contributed by atoms with Gasteiger partial charge in [-0.25, -0.2) is 10.0 Å². The minimum absolute atomic E-state index is 0.0309. The molecule has 8 rings (SSSR count). The van der Waals surface area contributed by atoms with Gasteiger partial charge in [-0.3, -0.25) is 4.57 Å². The molecule has 0 fully saturated rings. The Morgan fingerprint density at radius 1 is 0.652 bits per heavy atom. The summed E-state index contributed by atoms with van der Waals surface area (Å²) in [7, 11) is 0. The maximum Gasteiger partial charge on any atom is 0.137 e. The summed E-state index contributed by atoms with van der Waals surface area (Å²) in [6, 6.07) is 44.7. The summed E-state index contributed by atoms with van der Waals surface area (Å²) in [6.07, 6.45) is 1.90. The van der Waals surface area contributed by atoms with E-state index in [2.05, 4.69) is 97.0 Å². The largest absolute Gasteiger partial charge is 0.310 e. The molecule has 6 heteroatoms. The van der Waals surface area contributed by atoms with Gasteiger partial charge in [0.2, 0.25) is 0 Å². The summed E-state index contributed by atoms with van der Waals surface area (Å²) in [4.78, 5) is 13.1. The standard InChI is InChI=1S/C40H35N5O/c1-40(2,3)28-23-24-41-39(25-28)44-35-18-9-8-17-33(35)34-22-21-31(27-38(34)44)43(29-13-6-5-7-14-29)30-15-12-16-32(26-30)45-37-20-11-10-19-36(37)42(4)46-45/h5-27H,1-4H3/i4D3. The van der Waals surface area contributed by atoms with Crippen molar-refractivity contribution in [3.8, 4) is 5.82 Å². The zero-order valence-corrected chi connectivity index (χ0v) is 25.9. The van der Waals surface area contributed by atoms with Gasteiger partial charge in [0.15, 0.2) is 0 Å². The molecular weight excluding hydrogens is 566 g/mol. The van der Waals surface area contributed by atoms with Crippen LogP contribution < -0.4 is 15.0 Å². The summed E-state index contributed by atoms with van der Waals surface area (Å²) in [5.74, 6) is 0.868. The van der Waals surface area contributed by atoms with Crippen LogP contribution in [-0.2, 0) is 10.4 Å². The second-order valence-electron chi connectivity index (χ2n) is 12.6. The average Bonchev–Trinajstić information content (AvgIpc) is 3.65. The van der Waals surface area contributed by atoms with Gasteiger partial charge in [0.05, 0.1) is 28.1 Å². The molecule has 0 aliphatic carbocycles. The molecule has 0 atom stereocenters. The zero-order chi connectivity index (χ0) is 33.9. The molecule has 1 aliphatic heterocycles. The first-order chi connectivity index (χ1) is 23.6. The molecule has 0 amide bonds. The van der Waals surface area contributed by atoms with Crippen LogP contribution in [0.1, 0.15) is 30.4 Å². The summed E-state index contributed by atoms with van der Waals surface area (Å²) >= 11 is 0. The lowest BCUT2D eigenvalue weighted by atomic mass is 9.88. The van der Waals surface area contributed by atoms with E-state index in [1.807, 2.05) is 66.9 Å². The van der Waals surface area contributed by atoms with Crippen molar-refractivity contribution in [2.24, 2.45) is 0 Å². The molecule has 0 saturated carbocycles. The normalized spacial score (nSPS) is 14.3. The van der Waals surface area contributed by atoms with Gasteiger partial charge in [-0.2, -0.15) is 5.06 Å². The minimum Gasteiger partial charge on any atom is -0.310 e. The topological polar surface area (TPSA) is 36.8 Å². The van der Waals surface area contributed by atoms with Crippen molar-refractivity contribution in [1.82, 2.24) is 9.55 Å². The van der Waals surface area contributed by atoms with E-state index in [0.29, 0.717) is 17.1 Å². The fourth-order valence-corrected chi connectivity index (χ4v) is 6.30. The molecule has 0 spiro atoms. The zero-order valence-electron chi connectivity index (χ0n) is 28.9. The first-order valence-electron chi connectivity index (χ1n) is 16.9. The Morgan fingerprint density at radius 3 is 2.20 bits per heavy atom. The van der Waals surface area contributed by atoms with Crippen LogP contribution in [0.25, 0.3) is 27.6 Å². The monoisotopic (exact) mass is 604 g/mol. The second kappa shape index (κ2) is 10.8. The van der Waals surface area contributed by atoms with Crippen molar-refractivity contribution in [2.75, 3.05) is 22.0 Å². The third kappa shape index (κ3) is 4.66. The molecule has 0 unspecified atom stereocenters. The highest BCUT2D eigenvalue weighted by atomic mass is 16.8. The van der Waals surface area contributed by atoms with Crippen LogP contribution in [0.3, 0.4) is 0 Å². The number of para-hydroxylation sites is 4. The van der Waals surface area contributed by atoms with Crippen LogP contribution >= 0.6 is 0 Å². The summed E-state index contributed by atoms with van der Waals surface area (Å²) < 4.78 is 26.5. The van der Waals surface area contributed by atoms with Crippen LogP contribution in [0.15, 0.2) is 140 Å². The fourth-order valence-electron chi connectivity index (χ4n) is 6.30. The van der Waals surface area contributed by atoms with Gasteiger partial charge in [-0.1, -0.05) is 81.4 Å². The molecule has 3 heterocycles. The molecule has 6 nitrogen and oxygen atoms in total.